The minimum Gasteiger partial charge on any atom is -0.494 e. The molecule has 0 saturated carbocycles. The number of ether oxygens (including phenoxy) is 1. The Balaban J connectivity index is 1.39. The third-order valence-electron chi connectivity index (χ3n) is 6.37. The highest BCUT2D eigenvalue weighted by Crippen LogP contribution is 2.31. The van der Waals surface area contributed by atoms with Crippen molar-refractivity contribution >= 4 is 28.2 Å². The van der Waals surface area contributed by atoms with Crippen LogP contribution in [0.2, 0.25) is 0 Å². The topological polar surface area (TPSA) is 120 Å². The molecule has 180 valence electrons. The van der Waals surface area contributed by atoms with Gasteiger partial charge in [-0.25, -0.2) is 14.4 Å². The molecule has 2 atom stereocenters. The van der Waals surface area contributed by atoms with Gasteiger partial charge in [0.25, 0.3) is 0 Å². The zero-order valence-corrected chi connectivity index (χ0v) is 19.4. The van der Waals surface area contributed by atoms with Crippen LogP contribution in [0.25, 0.3) is 16.6 Å². The van der Waals surface area contributed by atoms with Crippen molar-refractivity contribution in [1.82, 2.24) is 29.4 Å². The Morgan fingerprint density at radius 3 is 2.97 bits per heavy atom. The van der Waals surface area contributed by atoms with Crippen molar-refractivity contribution in [2.75, 3.05) is 30.8 Å². The van der Waals surface area contributed by atoms with Gasteiger partial charge >= 0.3 is 0 Å². The smallest absolute Gasteiger partial charge is 0.223 e. The molecule has 0 unspecified atom stereocenters. The number of aryl methyl sites for hydroxylation is 1. The molecular formula is C23H29FN8O2. The molecule has 11 heteroatoms. The number of piperidine rings is 1. The number of nitrogen functional groups attached to an aromatic ring is 1. The number of aliphatic hydroxyl groups excluding tert-OH is 1. The number of fused-ring (bicyclic) bond motifs is 3. The third-order valence-corrected chi connectivity index (χ3v) is 6.37. The number of benzene rings is 1. The monoisotopic (exact) mass is 468 g/mol. The number of hydrogen-bond donors (Lipinski definition) is 2. The van der Waals surface area contributed by atoms with E-state index >= 15 is 0 Å². The van der Waals surface area contributed by atoms with E-state index in [-0.39, 0.29) is 23.7 Å². The van der Waals surface area contributed by atoms with Gasteiger partial charge in [0.2, 0.25) is 5.95 Å². The standard InChI is InChI=1S/C23H29FN8O2/c1-14(33)5-3-8-31-13-16(11-26-31)30-7-4-6-15(12-30)21-28-22-17-9-18(24)20(34-2)10-19(17)27-23(25)32(22)29-21/h9-11,13-15,33H,3-8,12H2,1-2H3,(H2,25,27)/t14-,15+/m0/s1. The fourth-order valence-electron chi connectivity index (χ4n) is 4.59. The number of methoxy groups -OCH3 is 1. The highest BCUT2D eigenvalue weighted by molar-refractivity contribution is 5.93. The fraction of sp³-hybridized carbons (Fsp3) is 0.478. The molecule has 3 N–H and O–H groups in total. The molecular weight excluding hydrogens is 439 g/mol. The average Bonchev–Trinajstić information content (AvgIpc) is 3.48. The number of rotatable bonds is 7. The van der Waals surface area contributed by atoms with E-state index in [9.17, 15) is 9.50 Å². The zero-order chi connectivity index (χ0) is 23.8. The Hall–Kier alpha value is -3.47. The Kier molecular flexibility index (Phi) is 5.94. The van der Waals surface area contributed by atoms with Crippen LogP contribution in [0.4, 0.5) is 16.0 Å². The van der Waals surface area contributed by atoms with Gasteiger partial charge < -0.3 is 20.5 Å². The molecule has 5 rings (SSSR count). The van der Waals surface area contributed by atoms with E-state index in [2.05, 4.69) is 20.1 Å². The van der Waals surface area contributed by atoms with Gasteiger partial charge in [-0.15, -0.1) is 5.10 Å². The molecule has 1 aliphatic heterocycles. The van der Waals surface area contributed by atoms with Crippen LogP contribution in [-0.2, 0) is 6.54 Å². The molecule has 0 bridgehead atoms. The summed E-state index contributed by atoms with van der Waals surface area (Å²) in [5, 5.41) is 19.1. The summed E-state index contributed by atoms with van der Waals surface area (Å²) in [5.41, 5.74) is 8.21. The van der Waals surface area contributed by atoms with E-state index in [0.29, 0.717) is 22.4 Å². The number of aromatic nitrogens is 6. The Labute approximate surface area is 196 Å². The first-order chi connectivity index (χ1) is 16.4. The highest BCUT2D eigenvalue weighted by atomic mass is 19.1. The van der Waals surface area contributed by atoms with Gasteiger partial charge in [0, 0.05) is 43.2 Å². The van der Waals surface area contributed by atoms with Crippen LogP contribution in [-0.4, -0.2) is 60.8 Å². The largest absolute Gasteiger partial charge is 0.494 e. The van der Waals surface area contributed by atoms with Gasteiger partial charge in [-0.05, 0) is 38.7 Å². The van der Waals surface area contributed by atoms with Crippen molar-refractivity contribution in [3.63, 3.8) is 0 Å². The highest BCUT2D eigenvalue weighted by Gasteiger charge is 2.27. The van der Waals surface area contributed by atoms with Crippen molar-refractivity contribution < 1.29 is 14.2 Å². The van der Waals surface area contributed by atoms with E-state index in [1.165, 1.54) is 23.8 Å². The number of aliphatic hydroxyl groups is 1. The van der Waals surface area contributed by atoms with Crippen LogP contribution in [0.15, 0.2) is 24.5 Å². The lowest BCUT2D eigenvalue weighted by atomic mass is 9.97. The summed E-state index contributed by atoms with van der Waals surface area (Å²) in [6.07, 6.45) is 7.21. The van der Waals surface area contributed by atoms with Crippen molar-refractivity contribution in [2.45, 2.75) is 51.2 Å². The van der Waals surface area contributed by atoms with Gasteiger partial charge in [-0.2, -0.15) is 9.61 Å². The lowest BCUT2D eigenvalue weighted by Crippen LogP contribution is -2.34. The molecule has 34 heavy (non-hydrogen) atoms. The molecule has 0 radical (unpaired) electrons. The normalized spacial score (nSPS) is 17.5. The van der Waals surface area contributed by atoms with Gasteiger partial charge in [0.15, 0.2) is 23.0 Å². The summed E-state index contributed by atoms with van der Waals surface area (Å²) in [6.45, 7) is 4.26. The summed E-state index contributed by atoms with van der Waals surface area (Å²) in [6, 6.07) is 2.89. The van der Waals surface area contributed by atoms with Crippen molar-refractivity contribution in [3.05, 3.63) is 36.2 Å². The summed E-state index contributed by atoms with van der Waals surface area (Å²) < 4.78 is 22.9. The average molecular weight is 469 g/mol. The quantitative estimate of drug-likeness (QED) is 0.425. The second kappa shape index (κ2) is 9.05. The van der Waals surface area contributed by atoms with Crippen LogP contribution < -0.4 is 15.4 Å². The first-order valence-corrected chi connectivity index (χ1v) is 11.6. The lowest BCUT2D eigenvalue weighted by Gasteiger charge is -2.32. The predicted octanol–water partition coefficient (Wildman–Crippen LogP) is 2.75. The number of nitrogens with zero attached hydrogens (tertiary/aromatic N) is 7. The number of hydrogen-bond acceptors (Lipinski definition) is 8. The number of nitrogens with two attached hydrogens (primary N) is 1. The Morgan fingerprint density at radius 2 is 2.18 bits per heavy atom. The Morgan fingerprint density at radius 1 is 1.32 bits per heavy atom. The van der Waals surface area contributed by atoms with Gasteiger partial charge in [-0.1, -0.05) is 0 Å². The molecule has 10 nitrogen and oxygen atoms in total. The summed E-state index contributed by atoms with van der Waals surface area (Å²) >= 11 is 0. The van der Waals surface area contributed by atoms with Crippen LogP contribution in [0.1, 0.15) is 44.3 Å². The van der Waals surface area contributed by atoms with E-state index < -0.39 is 5.82 Å². The molecule has 1 saturated heterocycles. The minimum atomic E-state index is -0.484. The second-order valence-electron chi connectivity index (χ2n) is 8.92. The lowest BCUT2D eigenvalue weighted by molar-refractivity contribution is 0.179. The summed E-state index contributed by atoms with van der Waals surface area (Å²) in [7, 11) is 1.41. The minimum absolute atomic E-state index is 0.102. The van der Waals surface area contributed by atoms with E-state index in [0.717, 1.165) is 51.0 Å². The molecule has 1 aliphatic rings. The molecule has 0 spiro atoms. The first kappa shape index (κ1) is 22.3. The fourth-order valence-corrected chi connectivity index (χ4v) is 4.59. The molecule has 4 heterocycles. The van der Waals surface area contributed by atoms with Crippen LogP contribution in [0.5, 0.6) is 5.75 Å². The second-order valence-corrected chi connectivity index (χ2v) is 8.92. The third kappa shape index (κ3) is 4.23. The van der Waals surface area contributed by atoms with Crippen molar-refractivity contribution in [2.24, 2.45) is 0 Å². The molecule has 1 fully saturated rings. The van der Waals surface area contributed by atoms with E-state index in [4.69, 9.17) is 15.5 Å². The molecule has 3 aromatic heterocycles. The van der Waals surface area contributed by atoms with Crippen LogP contribution in [0, 0.1) is 5.82 Å². The summed E-state index contributed by atoms with van der Waals surface area (Å²) in [5.74, 6) is 0.595. The SMILES string of the molecule is COc1cc2nc(N)n3nc([C@@H]4CCCN(c5cnn(CCC[C@H](C)O)c5)C4)nc3c2cc1F. The Bertz CT molecular complexity index is 1320. The maximum absolute atomic E-state index is 14.4. The number of anilines is 2. The zero-order valence-electron chi connectivity index (χ0n) is 19.4. The van der Waals surface area contributed by atoms with E-state index in [1.54, 1.807) is 6.92 Å². The number of halogens is 1. The molecule has 0 amide bonds. The van der Waals surface area contributed by atoms with Gasteiger partial charge in [0.05, 0.1) is 30.6 Å². The predicted molar refractivity (Wildman–Crippen MR) is 127 cm³/mol. The first-order valence-electron chi connectivity index (χ1n) is 11.6. The molecule has 4 aromatic rings. The van der Waals surface area contributed by atoms with Crippen LogP contribution in [0.3, 0.4) is 0 Å². The van der Waals surface area contributed by atoms with E-state index in [1.807, 2.05) is 17.1 Å². The van der Waals surface area contributed by atoms with Gasteiger partial charge in [0.1, 0.15) is 0 Å². The molecule has 0 aliphatic carbocycles. The summed E-state index contributed by atoms with van der Waals surface area (Å²) in [4.78, 5) is 11.4. The molecule has 1 aromatic carbocycles. The van der Waals surface area contributed by atoms with Crippen molar-refractivity contribution in [1.29, 1.82) is 0 Å². The van der Waals surface area contributed by atoms with Crippen LogP contribution >= 0.6 is 0 Å². The van der Waals surface area contributed by atoms with Crippen molar-refractivity contribution in [3.8, 4) is 5.75 Å². The maximum atomic E-state index is 14.4. The maximum Gasteiger partial charge on any atom is 0.223 e. The van der Waals surface area contributed by atoms with Gasteiger partial charge in [-0.3, -0.25) is 4.68 Å².